The summed E-state index contributed by atoms with van der Waals surface area (Å²) in [5.74, 6) is 0.112. The van der Waals surface area contributed by atoms with Gasteiger partial charge in [0.15, 0.2) is 9.84 Å². The molecule has 0 radical (unpaired) electrons. The van der Waals surface area contributed by atoms with E-state index in [2.05, 4.69) is 10.3 Å². The summed E-state index contributed by atoms with van der Waals surface area (Å²) in [5.41, 5.74) is -0.671. The molecule has 8 heteroatoms. The van der Waals surface area contributed by atoms with E-state index < -0.39 is 43.7 Å². The second-order valence-corrected chi connectivity index (χ2v) is 9.89. The van der Waals surface area contributed by atoms with Crippen LogP contribution in [0.5, 0.6) is 0 Å². The minimum Gasteiger partial charge on any atom is -0.444 e. The standard InChI is InChI=1S/C14H24N2O5S/c1-8-10-9(7-20-8)15-11(14(5,6)22(10,18)19)16-12(17)21-13(2,3)4/h8-10H,7H2,1-6H3,(H,15,16,17)/t8?,9-,10+/m0/s1. The summed E-state index contributed by atoms with van der Waals surface area (Å²) in [5, 5.41) is 1.83. The molecule has 1 saturated heterocycles. The van der Waals surface area contributed by atoms with Crippen molar-refractivity contribution in [3.63, 3.8) is 0 Å². The van der Waals surface area contributed by atoms with Crippen molar-refractivity contribution < 1.29 is 22.7 Å². The van der Waals surface area contributed by atoms with Gasteiger partial charge in [-0.25, -0.2) is 13.2 Å². The van der Waals surface area contributed by atoms with Gasteiger partial charge in [-0.3, -0.25) is 10.3 Å². The smallest absolute Gasteiger partial charge is 0.413 e. The maximum absolute atomic E-state index is 12.9. The Bertz CT molecular complexity index is 603. The van der Waals surface area contributed by atoms with Crippen LogP contribution in [0.25, 0.3) is 0 Å². The molecule has 0 aromatic carbocycles. The molecule has 126 valence electrons. The van der Waals surface area contributed by atoms with Gasteiger partial charge in [0.1, 0.15) is 21.4 Å². The van der Waals surface area contributed by atoms with Crippen molar-refractivity contribution in [2.45, 2.75) is 69.3 Å². The minimum absolute atomic E-state index is 0.112. The second-order valence-electron chi connectivity index (χ2n) is 7.23. The average molecular weight is 332 g/mol. The molecule has 7 nitrogen and oxygen atoms in total. The van der Waals surface area contributed by atoms with Crippen molar-refractivity contribution in [3.8, 4) is 0 Å². The number of hydrogen-bond acceptors (Lipinski definition) is 6. The van der Waals surface area contributed by atoms with Crippen LogP contribution in [0.3, 0.4) is 0 Å². The third kappa shape index (κ3) is 2.86. The van der Waals surface area contributed by atoms with E-state index >= 15 is 0 Å². The quantitative estimate of drug-likeness (QED) is 0.721. The number of ether oxygens (including phenoxy) is 2. The Kier molecular flexibility index (Phi) is 4.06. The molecule has 0 aromatic heterocycles. The van der Waals surface area contributed by atoms with Gasteiger partial charge < -0.3 is 9.47 Å². The lowest BCUT2D eigenvalue weighted by molar-refractivity contribution is 0.0561. The first-order valence-corrected chi connectivity index (χ1v) is 8.84. The fourth-order valence-electron chi connectivity index (χ4n) is 2.70. The van der Waals surface area contributed by atoms with Crippen LogP contribution in [0.4, 0.5) is 4.79 Å². The van der Waals surface area contributed by atoms with E-state index in [9.17, 15) is 13.2 Å². The van der Waals surface area contributed by atoms with Crippen molar-refractivity contribution in [1.29, 1.82) is 0 Å². The highest BCUT2D eigenvalue weighted by Crippen LogP contribution is 2.36. The van der Waals surface area contributed by atoms with Crippen molar-refractivity contribution in [2.75, 3.05) is 6.61 Å². The molecule has 1 fully saturated rings. The van der Waals surface area contributed by atoms with Gasteiger partial charge in [-0.2, -0.15) is 0 Å². The molecular formula is C14H24N2O5S. The van der Waals surface area contributed by atoms with Crippen LogP contribution in [-0.4, -0.2) is 54.7 Å². The topological polar surface area (TPSA) is 94.1 Å². The Balaban J connectivity index is 2.32. The Morgan fingerprint density at radius 2 is 2.00 bits per heavy atom. The molecule has 2 heterocycles. The van der Waals surface area contributed by atoms with Gasteiger partial charge in [0, 0.05) is 0 Å². The molecule has 2 rings (SSSR count). The summed E-state index contributed by atoms with van der Waals surface area (Å²) in [6.45, 7) is 10.3. The molecule has 0 saturated carbocycles. The van der Waals surface area contributed by atoms with Crippen molar-refractivity contribution in [1.82, 2.24) is 5.32 Å². The molecule has 1 unspecified atom stereocenters. The number of aliphatic imine (C=N–C) groups is 1. The zero-order valence-electron chi connectivity index (χ0n) is 13.8. The van der Waals surface area contributed by atoms with Crippen molar-refractivity contribution in [2.24, 2.45) is 4.99 Å². The number of hydrogen-bond donors (Lipinski definition) is 1. The first kappa shape index (κ1) is 17.2. The van der Waals surface area contributed by atoms with Crippen LogP contribution in [0.15, 0.2) is 4.99 Å². The fraction of sp³-hybridized carbons (Fsp3) is 0.857. The molecule has 22 heavy (non-hydrogen) atoms. The fourth-order valence-corrected chi connectivity index (χ4v) is 4.89. The van der Waals surface area contributed by atoms with Crippen LogP contribution < -0.4 is 5.32 Å². The minimum atomic E-state index is -3.55. The maximum atomic E-state index is 12.9. The molecule has 3 atom stereocenters. The maximum Gasteiger partial charge on any atom is 0.413 e. The highest BCUT2D eigenvalue weighted by molar-refractivity contribution is 7.94. The molecule has 0 spiro atoms. The lowest BCUT2D eigenvalue weighted by Gasteiger charge is -2.36. The Morgan fingerprint density at radius 3 is 2.55 bits per heavy atom. The highest BCUT2D eigenvalue weighted by Gasteiger charge is 2.56. The van der Waals surface area contributed by atoms with E-state index in [1.807, 2.05) is 0 Å². The average Bonchev–Trinajstić information content (AvgIpc) is 2.66. The van der Waals surface area contributed by atoms with Crippen molar-refractivity contribution >= 4 is 21.8 Å². The van der Waals surface area contributed by atoms with Gasteiger partial charge in [0.25, 0.3) is 0 Å². The number of carbonyl (C=O) groups is 1. The molecule has 0 bridgehead atoms. The monoisotopic (exact) mass is 332 g/mol. The van der Waals surface area contributed by atoms with Crippen LogP contribution in [0.1, 0.15) is 41.5 Å². The molecule has 1 amide bonds. The zero-order chi connectivity index (χ0) is 16.9. The Morgan fingerprint density at radius 1 is 1.41 bits per heavy atom. The number of fused-ring (bicyclic) bond motifs is 1. The van der Waals surface area contributed by atoms with E-state index in [-0.39, 0.29) is 12.4 Å². The van der Waals surface area contributed by atoms with Gasteiger partial charge in [-0.05, 0) is 41.5 Å². The number of carbonyl (C=O) groups excluding carboxylic acids is 1. The van der Waals surface area contributed by atoms with Crippen LogP contribution >= 0.6 is 0 Å². The number of alkyl carbamates (subject to hydrolysis) is 1. The number of nitrogens with zero attached hydrogens (tertiary/aromatic N) is 1. The predicted molar refractivity (Wildman–Crippen MR) is 82.8 cm³/mol. The van der Waals surface area contributed by atoms with Crippen LogP contribution in [-0.2, 0) is 19.3 Å². The molecular weight excluding hydrogens is 308 g/mol. The summed E-state index contributed by atoms with van der Waals surface area (Å²) in [4.78, 5) is 16.4. The second kappa shape index (κ2) is 5.19. The highest BCUT2D eigenvalue weighted by atomic mass is 32.2. The lowest BCUT2D eigenvalue weighted by Crippen LogP contribution is -2.60. The van der Waals surface area contributed by atoms with Gasteiger partial charge in [0.05, 0.1) is 18.8 Å². The van der Waals surface area contributed by atoms with Gasteiger partial charge in [0.2, 0.25) is 0 Å². The number of sulfone groups is 1. The predicted octanol–water partition coefficient (Wildman–Crippen LogP) is 1.27. The molecule has 2 aliphatic heterocycles. The Labute approximate surface area is 131 Å². The molecule has 2 aliphatic rings. The van der Waals surface area contributed by atoms with Crippen LogP contribution in [0, 0.1) is 0 Å². The summed E-state index contributed by atoms with van der Waals surface area (Å²) >= 11 is 0. The number of amides is 1. The summed E-state index contributed by atoms with van der Waals surface area (Å²) in [6, 6.07) is -0.488. The SMILES string of the molecule is CC1OC[C@@H]2N=C(NC(=O)OC(C)(C)C)C(C)(C)S(=O)(=O)[C@H]12. The number of amidine groups is 1. The molecule has 0 aromatic rings. The normalized spacial score (nSPS) is 32.8. The number of rotatable bonds is 0. The Hall–Kier alpha value is -1.15. The summed E-state index contributed by atoms with van der Waals surface area (Å²) in [7, 11) is -3.55. The van der Waals surface area contributed by atoms with Gasteiger partial charge in [-0.15, -0.1) is 0 Å². The van der Waals surface area contributed by atoms with Crippen molar-refractivity contribution in [3.05, 3.63) is 0 Å². The number of nitrogens with one attached hydrogen (secondary N) is 1. The van der Waals surface area contributed by atoms with E-state index in [1.54, 1.807) is 41.5 Å². The third-order valence-electron chi connectivity index (χ3n) is 3.93. The first-order chi connectivity index (χ1) is 9.86. The van der Waals surface area contributed by atoms with Gasteiger partial charge in [-0.1, -0.05) is 0 Å². The van der Waals surface area contributed by atoms with E-state index in [1.165, 1.54) is 0 Å². The zero-order valence-corrected chi connectivity index (χ0v) is 14.7. The first-order valence-electron chi connectivity index (χ1n) is 7.29. The summed E-state index contributed by atoms with van der Waals surface area (Å²) < 4.78 is 35.0. The largest absolute Gasteiger partial charge is 0.444 e. The lowest BCUT2D eigenvalue weighted by atomic mass is 10.1. The van der Waals surface area contributed by atoms with E-state index in [0.717, 1.165) is 0 Å². The van der Waals surface area contributed by atoms with Crippen LogP contribution in [0.2, 0.25) is 0 Å². The van der Waals surface area contributed by atoms with Gasteiger partial charge >= 0.3 is 6.09 Å². The third-order valence-corrected chi connectivity index (χ3v) is 6.96. The summed E-state index contributed by atoms with van der Waals surface area (Å²) in [6.07, 6.45) is -1.11. The van der Waals surface area contributed by atoms with E-state index in [0.29, 0.717) is 0 Å². The van der Waals surface area contributed by atoms with E-state index in [4.69, 9.17) is 9.47 Å². The molecule has 0 aliphatic carbocycles. The molecule has 1 N–H and O–H groups in total.